The molecule has 3 nitrogen and oxygen atoms in total. The van der Waals surface area contributed by atoms with Gasteiger partial charge in [-0.25, -0.2) is 0 Å². The second-order valence-electron chi connectivity index (χ2n) is 2.35. The molecule has 4 heteroatoms. The van der Waals surface area contributed by atoms with E-state index in [1.165, 1.54) is 13.8 Å². The van der Waals surface area contributed by atoms with Gasteiger partial charge in [0.25, 0.3) is 0 Å². The maximum absolute atomic E-state index is 10.1. The van der Waals surface area contributed by atoms with E-state index < -0.39 is 16.4 Å². The van der Waals surface area contributed by atoms with Crippen LogP contribution in [0.25, 0.3) is 0 Å². The number of rotatable bonds is 2. The second-order valence-corrected chi connectivity index (χ2v) is 3.27. The third kappa shape index (κ3) is 2.81. The van der Waals surface area contributed by atoms with Crippen LogP contribution in [-0.2, 0) is 4.79 Å². The smallest absolute Gasteiger partial charge is 0.320 e. The van der Waals surface area contributed by atoms with E-state index in [2.05, 4.69) is 15.9 Å². The summed E-state index contributed by atoms with van der Waals surface area (Å²) in [6.07, 6.45) is 0. The lowest BCUT2D eigenvalue weighted by molar-refractivity contribution is -0.140. The van der Waals surface area contributed by atoms with E-state index in [-0.39, 0.29) is 0 Å². The van der Waals surface area contributed by atoms with Crippen molar-refractivity contribution in [1.29, 1.82) is 0 Å². The predicted octanol–water partition coefficient (Wildman–Crippen LogP) is 0.605. The molecule has 1 unspecified atom stereocenters. The Balaban J connectivity index is 4.04. The van der Waals surface area contributed by atoms with Crippen LogP contribution in [0.2, 0.25) is 0 Å². The number of aliphatic hydroxyl groups is 1. The van der Waals surface area contributed by atoms with E-state index in [9.17, 15) is 4.79 Å². The van der Waals surface area contributed by atoms with Gasteiger partial charge in [-0.3, -0.25) is 4.79 Å². The molecule has 0 bridgehead atoms. The van der Waals surface area contributed by atoms with Gasteiger partial charge in [0, 0.05) is 0 Å². The topological polar surface area (TPSA) is 57.5 Å². The SMILES string of the molecule is CC(C)(O)C(Br)C(=O)O. The number of alkyl halides is 1. The van der Waals surface area contributed by atoms with Crippen LogP contribution in [0.3, 0.4) is 0 Å². The molecule has 0 fully saturated rings. The van der Waals surface area contributed by atoms with Crippen LogP contribution in [-0.4, -0.2) is 26.6 Å². The van der Waals surface area contributed by atoms with Crippen LogP contribution < -0.4 is 0 Å². The Kier molecular flexibility index (Phi) is 2.64. The summed E-state index contributed by atoms with van der Waals surface area (Å²) in [7, 11) is 0. The van der Waals surface area contributed by atoms with Crippen molar-refractivity contribution >= 4 is 21.9 Å². The second kappa shape index (κ2) is 2.66. The van der Waals surface area contributed by atoms with Gasteiger partial charge in [0.1, 0.15) is 4.83 Å². The Morgan fingerprint density at radius 1 is 1.67 bits per heavy atom. The lowest BCUT2D eigenvalue weighted by Crippen LogP contribution is -2.37. The molecule has 0 saturated heterocycles. The Labute approximate surface area is 61.8 Å². The van der Waals surface area contributed by atoms with Gasteiger partial charge in [0.05, 0.1) is 5.60 Å². The summed E-state index contributed by atoms with van der Waals surface area (Å²) in [6.45, 7) is 2.86. The van der Waals surface area contributed by atoms with Crippen molar-refractivity contribution in [2.45, 2.75) is 24.3 Å². The first-order chi connectivity index (χ1) is 3.85. The van der Waals surface area contributed by atoms with Crippen molar-refractivity contribution < 1.29 is 15.0 Å². The normalized spacial score (nSPS) is 15.1. The Morgan fingerprint density at radius 3 is 2.00 bits per heavy atom. The third-order valence-electron chi connectivity index (χ3n) is 0.837. The van der Waals surface area contributed by atoms with Gasteiger partial charge in [-0.15, -0.1) is 0 Å². The first-order valence-corrected chi connectivity index (χ1v) is 3.36. The number of carbonyl (C=O) groups is 1. The molecule has 0 aromatic carbocycles. The molecule has 9 heavy (non-hydrogen) atoms. The molecule has 0 radical (unpaired) electrons. The minimum atomic E-state index is -1.20. The highest BCUT2D eigenvalue weighted by Crippen LogP contribution is 2.16. The Bertz CT molecular complexity index is 116. The molecular formula is C5H9BrO3. The van der Waals surface area contributed by atoms with Gasteiger partial charge in [0.15, 0.2) is 0 Å². The van der Waals surface area contributed by atoms with Gasteiger partial charge >= 0.3 is 5.97 Å². The first kappa shape index (κ1) is 8.91. The molecule has 0 saturated carbocycles. The van der Waals surface area contributed by atoms with E-state index in [0.717, 1.165) is 0 Å². The lowest BCUT2D eigenvalue weighted by Gasteiger charge is -2.19. The molecule has 2 N–H and O–H groups in total. The van der Waals surface area contributed by atoms with E-state index >= 15 is 0 Å². The molecule has 1 atom stereocenters. The van der Waals surface area contributed by atoms with Crippen LogP contribution in [0.1, 0.15) is 13.8 Å². The van der Waals surface area contributed by atoms with Gasteiger partial charge < -0.3 is 10.2 Å². The lowest BCUT2D eigenvalue weighted by atomic mass is 10.1. The summed E-state index contributed by atoms with van der Waals surface area (Å²) < 4.78 is 0. The molecule has 54 valence electrons. The maximum Gasteiger partial charge on any atom is 0.320 e. The average molecular weight is 197 g/mol. The fraction of sp³-hybridized carbons (Fsp3) is 0.800. The molecule has 0 aromatic heterocycles. The third-order valence-corrected chi connectivity index (χ3v) is 2.35. The molecule has 0 aliphatic heterocycles. The summed E-state index contributed by atoms with van der Waals surface area (Å²) >= 11 is 2.81. The standard InChI is InChI=1S/C5H9BrO3/c1-5(2,9)3(6)4(7)8/h3,9H,1-2H3,(H,7,8). The highest BCUT2D eigenvalue weighted by atomic mass is 79.9. The zero-order chi connectivity index (χ0) is 7.65. The van der Waals surface area contributed by atoms with Crippen molar-refractivity contribution in [3.05, 3.63) is 0 Å². The number of hydrogen-bond acceptors (Lipinski definition) is 2. The van der Waals surface area contributed by atoms with E-state index in [1.54, 1.807) is 0 Å². The molecule has 0 aromatic rings. The number of carboxylic acid groups (broad SMARTS) is 1. The van der Waals surface area contributed by atoms with Crippen LogP contribution in [0.5, 0.6) is 0 Å². The largest absolute Gasteiger partial charge is 0.480 e. The fourth-order valence-electron chi connectivity index (χ4n) is 0.302. The molecule has 0 aliphatic rings. The van der Waals surface area contributed by atoms with E-state index in [4.69, 9.17) is 10.2 Å². The maximum atomic E-state index is 10.1. The Morgan fingerprint density at radius 2 is 2.00 bits per heavy atom. The zero-order valence-electron chi connectivity index (χ0n) is 5.26. The van der Waals surface area contributed by atoms with Crippen molar-refractivity contribution in [3.63, 3.8) is 0 Å². The van der Waals surface area contributed by atoms with Crippen molar-refractivity contribution in [1.82, 2.24) is 0 Å². The van der Waals surface area contributed by atoms with Crippen molar-refractivity contribution in [2.24, 2.45) is 0 Å². The number of hydrogen-bond donors (Lipinski definition) is 2. The average Bonchev–Trinajstić information content (AvgIpc) is 1.62. The van der Waals surface area contributed by atoms with Crippen LogP contribution in [0.4, 0.5) is 0 Å². The highest BCUT2D eigenvalue weighted by Gasteiger charge is 2.30. The molecule has 0 spiro atoms. The minimum absolute atomic E-state index is 0.898. The highest BCUT2D eigenvalue weighted by molar-refractivity contribution is 9.10. The van der Waals surface area contributed by atoms with E-state index in [0.29, 0.717) is 0 Å². The number of carboxylic acids is 1. The van der Waals surface area contributed by atoms with Gasteiger partial charge in [-0.2, -0.15) is 0 Å². The van der Waals surface area contributed by atoms with Crippen molar-refractivity contribution in [3.8, 4) is 0 Å². The fourth-order valence-corrected chi connectivity index (χ4v) is 0.302. The summed E-state index contributed by atoms with van der Waals surface area (Å²) in [5.41, 5.74) is -1.20. The minimum Gasteiger partial charge on any atom is -0.480 e. The number of halogens is 1. The van der Waals surface area contributed by atoms with E-state index in [1.807, 2.05) is 0 Å². The number of aliphatic carboxylic acids is 1. The summed E-state index contributed by atoms with van der Waals surface area (Å²) in [6, 6.07) is 0. The monoisotopic (exact) mass is 196 g/mol. The van der Waals surface area contributed by atoms with Crippen LogP contribution in [0.15, 0.2) is 0 Å². The molecule has 0 heterocycles. The van der Waals surface area contributed by atoms with Gasteiger partial charge in [0.2, 0.25) is 0 Å². The molecular weight excluding hydrogens is 188 g/mol. The van der Waals surface area contributed by atoms with Crippen LogP contribution in [0, 0.1) is 0 Å². The Hall–Kier alpha value is -0.0900. The molecule has 0 amide bonds. The summed E-state index contributed by atoms with van der Waals surface area (Å²) in [5, 5.41) is 17.3. The van der Waals surface area contributed by atoms with Crippen LogP contribution >= 0.6 is 15.9 Å². The first-order valence-electron chi connectivity index (χ1n) is 2.45. The summed E-state index contributed by atoms with van der Waals surface area (Å²) in [4.78, 5) is 9.24. The van der Waals surface area contributed by atoms with Gasteiger partial charge in [-0.1, -0.05) is 15.9 Å². The van der Waals surface area contributed by atoms with Crippen molar-refractivity contribution in [2.75, 3.05) is 0 Å². The van der Waals surface area contributed by atoms with Gasteiger partial charge in [-0.05, 0) is 13.8 Å². The molecule has 0 rings (SSSR count). The quantitative estimate of drug-likeness (QED) is 0.637. The molecule has 0 aliphatic carbocycles. The zero-order valence-corrected chi connectivity index (χ0v) is 6.84. The summed E-state index contributed by atoms with van der Waals surface area (Å²) in [5.74, 6) is -1.05. The predicted molar refractivity (Wildman–Crippen MR) is 36.6 cm³/mol.